The van der Waals surface area contributed by atoms with Crippen LogP contribution in [0.1, 0.15) is 18.5 Å². The molecule has 2 rings (SSSR count). The summed E-state index contributed by atoms with van der Waals surface area (Å²) in [6.45, 7) is 2.09. The summed E-state index contributed by atoms with van der Waals surface area (Å²) in [5.41, 5.74) is 8.68. The first kappa shape index (κ1) is 11.8. The Balaban J connectivity index is 2.18. The van der Waals surface area contributed by atoms with Crippen molar-refractivity contribution < 1.29 is 0 Å². The fourth-order valence-electron chi connectivity index (χ4n) is 1.71. The molecule has 17 heavy (non-hydrogen) atoms. The highest BCUT2D eigenvalue weighted by molar-refractivity contribution is 6.31. The van der Waals surface area contributed by atoms with Gasteiger partial charge in [0.05, 0.1) is 11.4 Å². The average Bonchev–Trinajstić information content (AvgIpc) is 2.35. The summed E-state index contributed by atoms with van der Waals surface area (Å²) in [4.78, 5) is 0. The van der Waals surface area contributed by atoms with E-state index in [2.05, 4.69) is 24.4 Å². The molecule has 0 bridgehead atoms. The summed E-state index contributed by atoms with van der Waals surface area (Å²) >= 11 is 5.95. The summed E-state index contributed by atoms with van der Waals surface area (Å²) in [6, 6.07) is 15.8. The maximum absolute atomic E-state index is 5.95. The van der Waals surface area contributed by atoms with Crippen molar-refractivity contribution in [1.82, 2.24) is 0 Å². The van der Waals surface area contributed by atoms with Gasteiger partial charge in [-0.2, -0.15) is 0 Å². The SMILES string of the molecule is CC(Nc1cc(Cl)ccc1N)c1ccccc1. The highest BCUT2D eigenvalue weighted by Gasteiger charge is 2.07. The molecule has 88 valence electrons. The lowest BCUT2D eigenvalue weighted by Gasteiger charge is -2.17. The van der Waals surface area contributed by atoms with Gasteiger partial charge in [0.15, 0.2) is 0 Å². The number of hydrogen-bond donors (Lipinski definition) is 2. The molecular formula is C14H15ClN2. The Morgan fingerprint density at radius 3 is 2.53 bits per heavy atom. The second-order valence-electron chi connectivity index (χ2n) is 4.01. The molecular weight excluding hydrogens is 232 g/mol. The Morgan fingerprint density at radius 1 is 1.12 bits per heavy atom. The van der Waals surface area contributed by atoms with Gasteiger partial charge in [0, 0.05) is 11.1 Å². The minimum atomic E-state index is 0.192. The minimum Gasteiger partial charge on any atom is -0.397 e. The molecule has 0 saturated heterocycles. The molecule has 0 fully saturated rings. The number of hydrogen-bond acceptors (Lipinski definition) is 2. The van der Waals surface area contributed by atoms with Crippen LogP contribution >= 0.6 is 11.6 Å². The Kier molecular flexibility index (Phi) is 3.55. The maximum atomic E-state index is 5.95. The molecule has 2 nitrogen and oxygen atoms in total. The lowest BCUT2D eigenvalue weighted by atomic mass is 10.1. The molecule has 0 saturated carbocycles. The van der Waals surface area contributed by atoms with Gasteiger partial charge in [0.2, 0.25) is 0 Å². The second kappa shape index (κ2) is 5.11. The van der Waals surface area contributed by atoms with E-state index in [0.29, 0.717) is 10.7 Å². The van der Waals surface area contributed by atoms with Crippen molar-refractivity contribution >= 4 is 23.0 Å². The number of nitrogens with one attached hydrogen (secondary N) is 1. The quantitative estimate of drug-likeness (QED) is 0.801. The van der Waals surface area contributed by atoms with Gasteiger partial charge in [-0.05, 0) is 30.7 Å². The summed E-state index contributed by atoms with van der Waals surface area (Å²) in [7, 11) is 0. The number of anilines is 2. The number of benzene rings is 2. The van der Waals surface area contributed by atoms with Crippen LogP contribution in [0.2, 0.25) is 5.02 Å². The van der Waals surface area contributed by atoms with E-state index in [1.807, 2.05) is 30.3 Å². The topological polar surface area (TPSA) is 38.0 Å². The van der Waals surface area contributed by atoms with Crippen LogP contribution in [0.3, 0.4) is 0 Å². The fraction of sp³-hybridized carbons (Fsp3) is 0.143. The molecule has 0 spiro atoms. The zero-order valence-corrected chi connectivity index (χ0v) is 10.4. The van der Waals surface area contributed by atoms with Crippen molar-refractivity contribution in [2.75, 3.05) is 11.1 Å². The van der Waals surface area contributed by atoms with Crippen LogP contribution in [0.4, 0.5) is 11.4 Å². The first-order valence-electron chi connectivity index (χ1n) is 5.53. The summed E-state index contributed by atoms with van der Waals surface area (Å²) in [5.74, 6) is 0. The van der Waals surface area contributed by atoms with Gasteiger partial charge in [0.1, 0.15) is 0 Å². The van der Waals surface area contributed by atoms with E-state index >= 15 is 0 Å². The lowest BCUT2D eigenvalue weighted by Crippen LogP contribution is -2.08. The normalized spacial score (nSPS) is 12.1. The van der Waals surface area contributed by atoms with E-state index < -0.39 is 0 Å². The monoisotopic (exact) mass is 246 g/mol. The van der Waals surface area contributed by atoms with Crippen LogP contribution in [0.25, 0.3) is 0 Å². The predicted molar refractivity (Wildman–Crippen MR) is 74.3 cm³/mol. The molecule has 0 aromatic heterocycles. The Morgan fingerprint density at radius 2 is 1.82 bits per heavy atom. The maximum Gasteiger partial charge on any atom is 0.0593 e. The lowest BCUT2D eigenvalue weighted by molar-refractivity contribution is 0.885. The van der Waals surface area contributed by atoms with Crippen LogP contribution in [-0.2, 0) is 0 Å². The molecule has 0 amide bonds. The summed E-state index contributed by atoms with van der Waals surface area (Å²) in [6.07, 6.45) is 0. The highest BCUT2D eigenvalue weighted by Crippen LogP contribution is 2.27. The number of nitrogens with two attached hydrogens (primary N) is 1. The van der Waals surface area contributed by atoms with Gasteiger partial charge in [-0.3, -0.25) is 0 Å². The molecule has 0 aliphatic carbocycles. The Bertz CT molecular complexity index is 497. The molecule has 0 heterocycles. The molecule has 0 radical (unpaired) electrons. The van der Waals surface area contributed by atoms with Crippen LogP contribution in [0.15, 0.2) is 48.5 Å². The first-order valence-corrected chi connectivity index (χ1v) is 5.91. The van der Waals surface area contributed by atoms with Crippen LogP contribution in [0.5, 0.6) is 0 Å². The predicted octanol–water partition coefficient (Wildman–Crippen LogP) is 4.10. The largest absolute Gasteiger partial charge is 0.397 e. The van der Waals surface area contributed by atoms with Gasteiger partial charge in [-0.1, -0.05) is 41.9 Å². The van der Waals surface area contributed by atoms with Crippen LogP contribution < -0.4 is 11.1 Å². The van der Waals surface area contributed by atoms with Gasteiger partial charge < -0.3 is 11.1 Å². The number of rotatable bonds is 3. The van der Waals surface area contributed by atoms with Crippen molar-refractivity contribution in [2.45, 2.75) is 13.0 Å². The minimum absolute atomic E-state index is 0.192. The van der Waals surface area contributed by atoms with E-state index in [9.17, 15) is 0 Å². The number of halogens is 1. The van der Waals surface area contributed by atoms with E-state index in [1.165, 1.54) is 5.56 Å². The second-order valence-corrected chi connectivity index (χ2v) is 4.44. The van der Waals surface area contributed by atoms with Gasteiger partial charge in [0.25, 0.3) is 0 Å². The third-order valence-electron chi connectivity index (χ3n) is 2.69. The Labute approximate surface area is 106 Å². The zero-order valence-electron chi connectivity index (χ0n) is 9.65. The van der Waals surface area contributed by atoms with Crippen molar-refractivity contribution in [2.24, 2.45) is 0 Å². The zero-order chi connectivity index (χ0) is 12.3. The van der Waals surface area contributed by atoms with E-state index in [4.69, 9.17) is 17.3 Å². The van der Waals surface area contributed by atoms with Gasteiger partial charge in [-0.25, -0.2) is 0 Å². The average molecular weight is 247 g/mol. The van der Waals surface area contributed by atoms with Crippen LogP contribution in [0, 0.1) is 0 Å². The molecule has 1 atom stereocenters. The molecule has 3 heteroatoms. The smallest absolute Gasteiger partial charge is 0.0593 e. The third-order valence-corrected chi connectivity index (χ3v) is 2.92. The van der Waals surface area contributed by atoms with Crippen molar-refractivity contribution in [3.63, 3.8) is 0 Å². The first-order chi connectivity index (χ1) is 8.16. The van der Waals surface area contributed by atoms with Crippen molar-refractivity contribution in [1.29, 1.82) is 0 Å². The summed E-state index contributed by atoms with van der Waals surface area (Å²) < 4.78 is 0. The molecule has 0 aliphatic heterocycles. The van der Waals surface area contributed by atoms with Gasteiger partial charge in [-0.15, -0.1) is 0 Å². The molecule has 0 aliphatic rings. The van der Waals surface area contributed by atoms with Crippen molar-refractivity contribution in [3.05, 3.63) is 59.1 Å². The molecule has 1 unspecified atom stereocenters. The standard InChI is InChI=1S/C14H15ClN2/c1-10(11-5-3-2-4-6-11)17-14-9-12(15)7-8-13(14)16/h2-10,17H,16H2,1H3. The Hall–Kier alpha value is -1.67. The van der Waals surface area contributed by atoms with Crippen molar-refractivity contribution in [3.8, 4) is 0 Å². The van der Waals surface area contributed by atoms with E-state index in [-0.39, 0.29) is 6.04 Å². The van der Waals surface area contributed by atoms with E-state index in [0.717, 1.165) is 5.69 Å². The molecule has 3 N–H and O–H groups in total. The van der Waals surface area contributed by atoms with E-state index in [1.54, 1.807) is 6.07 Å². The highest BCUT2D eigenvalue weighted by atomic mass is 35.5. The van der Waals surface area contributed by atoms with Crippen LogP contribution in [-0.4, -0.2) is 0 Å². The molecule has 2 aromatic rings. The van der Waals surface area contributed by atoms with Gasteiger partial charge >= 0.3 is 0 Å². The fourth-order valence-corrected chi connectivity index (χ4v) is 1.88. The molecule has 2 aromatic carbocycles. The summed E-state index contributed by atoms with van der Waals surface area (Å²) in [5, 5.41) is 4.04. The number of nitrogen functional groups attached to an aromatic ring is 1. The third kappa shape index (κ3) is 2.92.